The van der Waals surface area contributed by atoms with E-state index in [0.29, 0.717) is 22.9 Å². The van der Waals surface area contributed by atoms with Gasteiger partial charge in [-0.25, -0.2) is 4.39 Å². The molecule has 0 aliphatic carbocycles. The number of hydrogen-bond donors (Lipinski definition) is 0. The average molecular weight is 275 g/mol. The number of halogens is 2. The Morgan fingerprint density at radius 1 is 1.59 bits per heavy atom. The maximum atomic E-state index is 12.8. The molecule has 1 aromatic carbocycles. The van der Waals surface area contributed by atoms with Gasteiger partial charge in [-0.2, -0.15) is 11.8 Å². The second-order valence-electron chi connectivity index (χ2n) is 3.81. The Bertz CT molecular complexity index is 419. The van der Waals surface area contributed by atoms with Gasteiger partial charge < -0.3 is 4.74 Å². The number of hydrogen-bond acceptors (Lipinski definition) is 3. The quantitative estimate of drug-likeness (QED) is 0.848. The highest BCUT2D eigenvalue weighted by Crippen LogP contribution is 2.20. The molecule has 1 fully saturated rings. The van der Waals surface area contributed by atoms with Gasteiger partial charge in [0.15, 0.2) is 5.78 Å². The Hall–Kier alpha value is -0.580. The minimum atomic E-state index is -0.393. The van der Waals surface area contributed by atoms with E-state index >= 15 is 0 Å². The molecule has 0 bridgehead atoms. The third-order valence-electron chi connectivity index (χ3n) is 2.55. The average Bonchev–Trinajstić information content (AvgIpc) is 2.34. The Balaban J connectivity index is 2.02. The zero-order valence-electron chi connectivity index (χ0n) is 9.12. The van der Waals surface area contributed by atoms with Crippen LogP contribution >= 0.6 is 23.4 Å². The minimum Gasteiger partial charge on any atom is -0.369 e. The third-order valence-corrected chi connectivity index (χ3v) is 3.90. The van der Waals surface area contributed by atoms with Crippen LogP contribution in [0.4, 0.5) is 4.39 Å². The maximum absolute atomic E-state index is 12.8. The monoisotopic (exact) mass is 274 g/mol. The SMILES string of the molecule is O=C(Cc1ccc(F)cc1Cl)C1CSCCO1. The van der Waals surface area contributed by atoms with Gasteiger partial charge in [-0.15, -0.1) is 0 Å². The van der Waals surface area contributed by atoms with Crippen molar-refractivity contribution in [2.45, 2.75) is 12.5 Å². The van der Waals surface area contributed by atoms with Crippen LogP contribution in [0.2, 0.25) is 5.02 Å². The van der Waals surface area contributed by atoms with E-state index in [9.17, 15) is 9.18 Å². The van der Waals surface area contributed by atoms with Gasteiger partial charge in [0, 0.05) is 22.9 Å². The van der Waals surface area contributed by atoms with E-state index < -0.39 is 5.82 Å². The molecule has 0 aromatic heterocycles. The third kappa shape index (κ3) is 3.44. The van der Waals surface area contributed by atoms with Crippen LogP contribution in [0.1, 0.15) is 5.56 Å². The summed E-state index contributed by atoms with van der Waals surface area (Å²) >= 11 is 7.58. The van der Waals surface area contributed by atoms with E-state index in [2.05, 4.69) is 0 Å². The number of thioether (sulfide) groups is 1. The highest BCUT2D eigenvalue weighted by atomic mass is 35.5. The van der Waals surface area contributed by atoms with E-state index in [1.165, 1.54) is 12.1 Å². The van der Waals surface area contributed by atoms with Gasteiger partial charge in [0.2, 0.25) is 0 Å². The van der Waals surface area contributed by atoms with Crippen LogP contribution in [0.5, 0.6) is 0 Å². The molecule has 0 radical (unpaired) electrons. The van der Waals surface area contributed by atoms with Gasteiger partial charge in [-0.05, 0) is 17.7 Å². The lowest BCUT2D eigenvalue weighted by Crippen LogP contribution is -2.32. The largest absolute Gasteiger partial charge is 0.369 e. The molecule has 2 rings (SSSR count). The molecule has 1 aromatic rings. The fourth-order valence-electron chi connectivity index (χ4n) is 1.64. The van der Waals surface area contributed by atoms with Crippen molar-refractivity contribution in [3.05, 3.63) is 34.6 Å². The first-order valence-electron chi connectivity index (χ1n) is 5.33. The predicted octanol–water partition coefficient (Wildman–Crippen LogP) is 2.72. The fourth-order valence-corrected chi connectivity index (χ4v) is 2.75. The lowest BCUT2D eigenvalue weighted by molar-refractivity contribution is -0.128. The second kappa shape index (κ2) is 5.85. The van der Waals surface area contributed by atoms with E-state index in [0.717, 1.165) is 5.75 Å². The van der Waals surface area contributed by atoms with Crippen LogP contribution in [0, 0.1) is 5.82 Å². The Kier molecular flexibility index (Phi) is 4.42. The van der Waals surface area contributed by atoms with E-state index in [-0.39, 0.29) is 18.3 Å². The first-order chi connectivity index (χ1) is 8.16. The van der Waals surface area contributed by atoms with Crippen LogP contribution in [-0.2, 0) is 16.0 Å². The van der Waals surface area contributed by atoms with Gasteiger partial charge in [0.1, 0.15) is 11.9 Å². The lowest BCUT2D eigenvalue weighted by Gasteiger charge is -2.21. The summed E-state index contributed by atoms with van der Waals surface area (Å²) in [5.74, 6) is 1.24. The zero-order chi connectivity index (χ0) is 12.3. The molecule has 1 saturated heterocycles. The summed E-state index contributed by atoms with van der Waals surface area (Å²) in [6.07, 6.45) is -0.153. The van der Waals surface area contributed by atoms with Crippen molar-refractivity contribution in [3.63, 3.8) is 0 Å². The van der Waals surface area contributed by atoms with Crippen molar-refractivity contribution >= 4 is 29.1 Å². The molecule has 0 saturated carbocycles. The van der Waals surface area contributed by atoms with Crippen molar-refractivity contribution in [1.29, 1.82) is 0 Å². The van der Waals surface area contributed by atoms with E-state index in [1.54, 1.807) is 17.8 Å². The lowest BCUT2D eigenvalue weighted by atomic mass is 10.1. The van der Waals surface area contributed by atoms with Crippen LogP contribution in [-0.4, -0.2) is 30.0 Å². The topological polar surface area (TPSA) is 26.3 Å². The normalized spacial score (nSPS) is 20.2. The van der Waals surface area contributed by atoms with Crippen molar-refractivity contribution in [3.8, 4) is 0 Å². The highest BCUT2D eigenvalue weighted by Gasteiger charge is 2.22. The molecule has 0 N–H and O–H groups in total. The number of ether oxygens (including phenoxy) is 1. The Labute approximate surface area is 108 Å². The van der Waals surface area contributed by atoms with Crippen molar-refractivity contribution in [2.24, 2.45) is 0 Å². The number of Topliss-reactive ketones (excluding diaryl/α,β-unsaturated/α-hetero) is 1. The van der Waals surface area contributed by atoms with Crippen LogP contribution in [0.3, 0.4) is 0 Å². The smallest absolute Gasteiger partial charge is 0.166 e. The second-order valence-corrected chi connectivity index (χ2v) is 5.37. The zero-order valence-corrected chi connectivity index (χ0v) is 10.7. The first kappa shape index (κ1) is 12.9. The minimum absolute atomic E-state index is 0.00529. The standard InChI is InChI=1S/C12H12ClFO2S/c13-10-6-9(14)2-1-8(10)5-11(15)12-7-17-4-3-16-12/h1-2,6,12H,3-5,7H2. The molecule has 1 aliphatic rings. The molecule has 1 unspecified atom stereocenters. The highest BCUT2D eigenvalue weighted by molar-refractivity contribution is 7.99. The fraction of sp³-hybridized carbons (Fsp3) is 0.417. The predicted molar refractivity (Wildman–Crippen MR) is 67.2 cm³/mol. The molecular formula is C12H12ClFO2S. The van der Waals surface area contributed by atoms with Crippen LogP contribution in [0.15, 0.2) is 18.2 Å². The number of carbonyl (C=O) groups is 1. The molecule has 0 spiro atoms. The molecule has 92 valence electrons. The van der Waals surface area contributed by atoms with Crippen LogP contribution < -0.4 is 0 Å². The van der Waals surface area contributed by atoms with Crippen LogP contribution in [0.25, 0.3) is 0 Å². The first-order valence-corrected chi connectivity index (χ1v) is 6.86. The number of carbonyl (C=O) groups excluding carboxylic acids is 1. The number of benzene rings is 1. The van der Waals surface area contributed by atoms with E-state index in [1.807, 2.05) is 0 Å². The summed E-state index contributed by atoms with van der Waals surface area (Å²) in [6, 6.07) is 4.08. The van der Waals surface area contributed by atoms with Crippen molar-refractivity contribution in [2.75, 3.05) is 18.1 Å². The summed E-state index contributed by atoms with van der Waals surface area (Å²) < 4.78 is 18.2. The summed E-state index contributed by atoms with van der Waals surface area (Å²) in [7, 11) is 0. The van der Waals surface area contributed by atoms with Crippen molar-refractivity contribution < 1.29 is 13.9 Å². The van der Waals surface area contributed by atoms with Crippen molar-refractivity contribution in [1.82, 2.24) is 0 Å². The Morgan fingerprint density at radius 2 is 2.41 bits per heavy atom. The summed E-state index contributed by atoms with van der Waals surface area (Å²) in [5, 5.41) is 0.293. The maximum Gasteiger partial charge on any atom is 0.166 e. The van der Waals surface area contributed by atoms with E-state index in [4.69, 9.17) is 16.3 Å². The van der Waals surface area contributed by atoms with Gasteiger partial charge in [-0.1, -0.05) is 17.7 Å². The molecule has 1 aliphatic heterocycles. The molecule has 2 nitrogen and oxygen atoms in total. The Morgan fingerprint density at radius 3 is 3.06 bits per heavy atom. The summed E-state index contributed by atoms with van der Waals surface area (Å²) in [6.45, 7) is 0.609. The van der Waals surface area contributed by atoms with Gasteiger partial charge in [0.05, 0.1) is 6.61 Å². The summed E-state index contributed by atoms with van der Waals surface area (Å²) in [4.78, 5) is 11.9. The van der Waals surface area contributed by atoms with Gasteiger partial charge in [-0.3, -0.25) is 4.79 Å². The number of rotatable bonds is 3. The summed E-state index contributed by atoms with van der Waals surface area (Å²) in [5.41, 5.74) is 0.650. The molecule has 5 heteroatoms. The molecule has 1 atom stereocenters. The number of ketones is 1. The van der Waals surface area contributed by atoms with Gasteiger partial charge in [0.25, 0.3) is 0 Å². The molecule has 0 amide bonds. The molecular weight excluding hydrogens is 263 g/mol. The van der Waals surface area contributed by atoms with Gasteiger partial charge >= 0.3 is 0 Å². The molecule has 17 heavy (non-hydrogen) atoms. The molecule has 1 heterocycles.